The fourth-order valence-electron chi connectivity index (χ4n) is 2.54. The van der Waals surface area contributed by atoms with E-state index in [0.29, 0.717) is 4.47 Å². The molecule has 1 fully saturated rings. The molecule has 1 N–H and O–H groups in total. The van der Waals surface area contributed by atoms with Gasteiger partial charge in [0.2, 0.25) is 0 Å². The van der Waals surface area contributed by atoms with Crippen LogP contribution in [0, 0.1) is 11.7 Å². The van der Waals surface area contributed by atoms with Gasteiger partial charge in [-0.2, -0.15) is 13.2 Å². The predicted molar refractivity (Wildman–Crippen MR) is 73.4 cm³/mol. The lowest BCUT2D eigenvalue weighted by atomic mass is 9.85. The molecule has 7 heteroatoms. The van der Waals surface area contributed by atoms with Crippen molar-refractivity contribution in [1.82, 2.24) is 5.32 Å². The standard InChI is InChI=1S/C14H14BrF4NO/c15-10-2-1-3-11(16)12(10)13(21)20-9-6-4-8(5-7-9)14(17,18)19/h1-3,8-9H,4-7H2,(H,20,21). The van der Waals surface area contributed by atoms with Gasteiger partial charge >= 0.3 is 6.18 Å². The average Bonchev–Trinajstić information content (AvgIpc) is 2.38. The highest BCUT2D eigenvalue weighted by Crippen LogP contribution is 2.37. The van der Waals surface area contributed by atoms with Crippen molar-refractivity contribution in [2.45, 2.75) is 37.9 Å². The van der Waals surface area contributed by atoms with Crippen LogP contribution in [0.2, 0.25) is 0 Å². The van der Waals surface area contributed by atoms with Crippen molar-refractivity contribution < 1.29 is 22.4 Å². The maximum absolute atomic E-state index is 13.6. The van der Waals surface area contributed by atoms with Gasteiger partial charge in [-0.1, -0.05) is 6.07 Å². The van der Waals surface area contributed by atoms with Crippen molar-refractivity contribution in [2.75, 3.05) is 0 Å². The highest BCUT2D eigenvalue weighted by molar-refractivity contribution is 9.10. The summed E-state index contributed by atoms with van der Waals surface area (Å²) in [6, 6.07) is 3.83. The molecular formula is C14H14BrF4NO. The number of alkyl halides is 3. The van der Waals surface area contributed by atoms with Crippen molar-refractivity contribution in [3.63, 3.8) is 0 Å². The molecule has 21 heavy (non-hydrogen) atoms. The molecule has 0 aromatic heterocycles. The molecule has 0 spiro atoms. The Balaban J connectivity index is 1.96. The summed E-state index contributed by atoms with van der Waals surface area (Å²) in [5, 5.41) is 2.61. The summed E-state index contributed by atoms with van der Waals surface area (Å²) in [5.74, 6) is -2.56. The van der Waals surface area contributed by atoms with Crippen LogP contribution in [0.3, 0.4) is 0 Å². The van der Waals surface area contributed by atoms with Gasteiger partial charge in [-0.3, -0.25) is 4.79 Å². The van der Waals surface area contributed by atoms with Gasteiger partial charge < -0.3 is 5.32 Å². The van der Waals surface area contributed by atoms with Crippen molar-refractivity contribution >= 4 is 21.8 Å². The largest absolute Gasteiger partial charge is 0.391 e. The Hall–Kier alpha value is -1.11. The summed E-state index contributed by atoms with van der Waals surface area (Å²) in [6.07, 6.45) is -3.69. The van der Waals surface area contributed by atoms with Crippen LogP contribution >= 0.6 is 15.9 Å². The van der Waals surface area contributed by atoms with Crippen LogP contribution in [0.5, 0.6) is 0 Å². The van der Waals surface area contributed by atoms with E-state index in [0.717, 1.165) is 0 Å². The molecule has 1 aliphatic rings. The van der Waals surface area contributed by atoms with E-state index in [2.05, 4.69) is 21.2 Å². The number of rotatable bonds is 2. The molecule has 1 aliphatic carbocycles. The normalized spacial score (nSPS) is 22.9. The molecule has 0 heterocycles. The van der Waals surface area contributed by atoms with E-state index < -0.39 is 23.8 Å². The Kier molecular flexibility index (Phi) is 4.91. The Morgan fingerprint density at radius 2 is 1.81 bits per heavy atom. The fraction of sp³-hybridized carbons (Fsp3) is 0.500. The number of nitrogens with one attached hydrogen (secondary N) is 1. The first-order valence-electron chi connectivity index (χ1n) is 6.60. The lowest BCUT2D eigenvalue weighted by Gasteiger charge is -2.30. The molecule has 0 unspecified atom stereocenters. The number of halogens is 5. The van der Waals surface area contributed by atoms with Gasteiger partial charge in [-0.25, -0.2) is 4.39 Å². The topological polar surface area (TPSA) is 29.1 Å². The zero-order valence-electron chi connectivity index (χ0n) is 11.0. The molecule has 1 saturated carbocycles. The summed E-state index contributed by atoms with van der Waals surface area (Å²) >= 11 is 3.10. The molecule has 116 valence electrons. The second kappa shape index (κ2) is 6.34. The molecule has 1 amide bonds. The van der Waals surface area contributed by atoms with Crippen molar-refractivity contribution in [1.29, 1.82) is 0 Å². The quantitative estimate of drug-likeness (QED) is 0.769. The predicted octanol–water partition coefficient (Wildman–Crippen LogP) is 4.44. The number of hydrogen-bond acceptors (Lipinski definition) is 1. The smallest absolute Gasteiger partial charge is 0.349 e. The second-order valence-electron chi connectivity index (χ2n) is 5.16. The average molecular weight is 368 g/mol. The van der Waals surface area contributed by atoms with E-state index in [4.69, 9.17) is 0 Å². The fourth-order valence-corrected chi connectivity index (χ4v) is 3.06. The number of amides is 1. The summed E-state index contributed by atoms with van der Waals surface area (Å²) in [7, 11) is 0. The molecule has 0 saturated heterocycles. The summed E-state index contributed by atoms with van der Waals surface area (Å²) in [6.45, 7) is 0. The van der Waals surface area contributed by atoms with Crippen molar-refractivity contribution in [3.05, 3.63) is 34.1 Å². The van der Waals surface area contributed by atoms with E-state index in [1.807, 2.05) is 0 Å². The minimum absolute atomic E-state index is 0.00706. The van der Waals surface area contributed by atoms with E-state index in [1.165, 1.54) is 12.1 Å². The van der Waals surface area contributed by atoms with Crippen LogP contribution in [0.1, 0.15) is 36.0 Å². The molecule has 1 aromatic rings. The number of benzene rings is 1. The van der Waals surface area contributed by atoms with Gasteiger partial charge in [0.05, 0.1) is 11.5 Å². The lowest BCUT2D eigenvalue weighted by molar-refractivity contribution is -0.182. The Bertz CT molecular complexity index is 504. The van der Waals surface area contributed by atoms with Crippen molar-refractivity contribution in [3.8, 4) is 0 Å². The van der Waals surface area contributed by atoms with Crippen LogP contribution in [0.4, 0.5) is 17.6 Å². The first kappa shape index (κ1) is 16.3. The first-order valence-corrected chi connectivity index (χ1v) is 7.40. The summed E-state index contributed by atoms with van der Waals surface area (Å²) < 4.78 is 51.6. The SMILES string of the molecule is O=C(NC1CCC(C(F)(F)F)CC1)c1c(F)cccc1Br. The number of carbonyl (C=O) groups excluding carboxylic acids is 1. The first-order chi connectivity index (χ1) is 9.79. The van der Waals surface area contributed by atoms with E-state index in [9.17, 15) is 22.4 Å². The van der Waals surface area contributed by atoms with Crippen LogP contribution in [-0.4, -0.2) is 18.1 Å². The summed E-state index contributed by atoms with van der Waals surface area (Å²) in [5.41, 5.74) is -0.115. The van der Waals surface area contributed by atoms with Gasteiger partial charge in [0.15, 0.2) is 0 Å². The molecule has 0 bridgehead atoms. The van der Waals surface area contributed by atoms with E-state index in [1.54, 1.807) is 6.07 Å². The van der Waals surface area contributed by atoms with Crippen LogP contribution in [0.25, 0.3) is 0 Å². The Morgan fingerprint density at radius 3 is 2.33 bits per heavy atom. The molecule has 0 radical (unpaired) electrons. The number of hydrogen-bond donors (Lipinski definition) is 1. The number of carbonyl (C=O) groups is 1. The highest BCUT2D eigenvalue weighted by atomic mass is 79.9. The highest BCUT2D eigenvalue weighted by Gasteiger charge is 2.41. The molecule has 1 aromatic carbocycles. The van der Waals surface area contributed by atoms with Gasteiger partial charge in [0, 0.05) is 10.5 Å². The van der Waals surface area contributed by atoms with Gasteiger partial charge in [0.25, 0.3) is 5.91 Å². The van der Waals surface area contributed by atoms with E-state index in [-0.39, 0.29) is 37.3 Å². The molecule has 2 rings (SSSR count). The third kappa shape index (κ3) is 3.96. The minimum atomic E-state index is -4.18. The summed E-state index contributed by atoms with van der Waals surface area (Å²) in [4.78, 5) is 12.0. The maximum atomic E-state index is 13.6. The van der Waals surface area contributed by atoms with Crippen LogP contribution in [-0.2, 0) is 0 Å². The molecular weight excluding hydrogens is 354 g/mol. The third-order valence-electron chi connectivity index (χ3n) is 3.72. The van der Waals surface area contributed by atoms with E-state index >= 15 is 0 Å². The van der Waals surface area contributed by atoms with Gasteiger partial charge in [-0.15, -0.1) is 0 Å². The minimum Gasteiger partial charge on any atom is -0.349 e. The Labute approximate surface area is 128 Å². The molecule has 2 nitrogen and oxygen atoms in total. The maximum Gasteiger partial charge on any atom is 0.391 e. The zero-order chi connectivity index (χ0) is 15.6. The third-order valence-corrected chi connectivity index (χ3v) is 4.38. The monoisotopic (exact) mass is 367 g/mol. The molecule has 0 atom stereocenters. The van der Waals surface area contributed by atoms with Crippen molar-refractivity contribution in [2.24, 2.45) is 5.92 Å². The zero-order valence-corrected chi connectivity index (χ0v) is 12.6. The second-order valence-corrected chi connectivity index (χ2v) is 6.01. The lowest BCUT2D eigenvalue weighted by Crippen LogP contribution is -2.40. The van der Waals surface area contributed by atoms with Crippen LogP contribution in [0.15, 0.2) is 22.7 Å². The van der Waals surface area contributed by atoms with Crippen LogP contribution < -0.4 is 5.32 Å². The molecule has 0 aliphatic heterocycles. The van der Waals surface area contributed by atoms with Gasteiger partial charge in [0.1, 0.15) is 5.82 Å². The van der Waals surface area contributed by atoms with Gasteiger partial charge in [-0.05, 0) is 53.7 Å². The Morgan fingerprint density at radius 1 is 1.19 bits per heavy atom.